The van der Waals surface area contributed by atoms with Crippen LogP contribution in [-0.4, -0.2) is 17.5 Å². The number of non-ortho nitro benzene ring substituents is 1. The zero-order valence-corrected chi connectivity index (χ0v) is 9.77. The summed E-state index contributed by atoms with van der Waals surface area (Å²) in [5, 5.41) is 13.8. The second-order valence-corrected chi connectivity index (χ2v) is 3.92. The Bertz CT molecular complexity index is 335. The first kappa shape index (κ1) is 12.6. The van der Waals surface area contributed by atoms with Crippen molar-refractivity contribution in [2.45, 2.75) is 32.7 Å². The number of nitrogens with one attached hydrogen (secondary N) is 1. The van der Waals surface area contributed by atoms with E-state index in [4.69, 9.17) is 0 Å². The molecular weight excluding hydrogens is 204 g/mol. The van der Waals surface area contributed by atoms with Crippen LogP contribution in [0.25, 0.3) is 0 Å². The van der Waals surface area contributed by atoms with Gasteiger partial charge in [-0.05, 0) is 31.9 Å². The van der Waals surface area contributed by atoms with Crippen molar-refractivity contribution in [3.05, 3.63) is 39.9 Å². The van der Waals surface area contributed by atoms with E-state index in [1.165, 1.54) is 0 Å². The highest BCUT2D eigenvalue weighted by molar-refractivity contribution is 5.32. The number of hydrogen-bond acceptors (Lipinski definition) is 3. The second-order valence-electron chi connectivity index (χ2n) is 3.92. The fourth-order valence-corrected chi connectivity index (χ4v) is 1.62. The predicted octanol–water partition coefficient (Wildman–Crippen LogP) is 2.53. The van der Waals surface area contributed by atoms with Crippen molar-refractivity contribution in [2.24, 2.45) is 0 Å². The van der Waals surface area contributed by atoms with E-state index < -0.39 is 0 Å². The molecular formula is C12H18N2O2. The predicted molar refractivity (Wildman–Crippen MR) is 64.6 cm³/mol. The number of aryl methyl sites for hydroxylation is 1. The van der Waals surface area contributed by atoms with E-state index in [2.05, 4.69) is 19.2 Å². The minimum Gasteiger partial charge on any atom is -0.315 e. The fraction of sp³-hybridized carbons (Fsp3) is 0.500. The minimum atomic E-state index is -0.370. The summed E-state index contributed by atoms with van der Waals surface area (Å²) in [5.41, 5.74) is 1.30. The summed E-state index contributed by atoms with van der Waals surface area (Å²) in [6.07, 6.45) is 2.00. The normalized spacial score (nSPS) is 12.4. The zero-order chi connectivity index (χ0) is 12.0. The monoisotopic (exact) mass is 222 g/mol. The Kier molecular flexibility index (Phi) is 4.92. The molecule has 0 spiro atoms. The van der Waals surface area contributed by atoms with Crippen LogP contribution < -0.4 is 5.32 Å². The van der Waals surface area contributed by atoms with Gasteiger partial charge in [0.2, 0.25) is 0 Å². The topological polar surface area (TPSA) is 55.2 Å². The Labute approximate surface area is 95.8 Å². The molecule has 0 heterocycles. The lowest BCUT2D eigenvalue weighted by atomic mass is 10.1. The first-order chi connectivity index (χ1) is 7.63. The maximum absolute atomic E-state index is 10.5. The van der Waals surface area contributed by atoms with E-state index in [1.807, 2.05) is 12.1 Å². The summed E-state index contributed by atoms with van der Waals surface area (Å²) in [4.78, 5) is 10.1. The van der Waals surface area contributed by atoms with Gasteiger partial charge in [0.1, 0.15) is 0 Å². The van der Waals surface area contributed by atoms with Crippen molar-refractivity contribution in [2.75, 3.05) is 6.54 Å². The highest BCUT2D eigenvalue weighted by Gasteiger charge is 2.05. The molecule has 1 aromatic rings. The van der Waals surface area contributed by atoms with Gasteiger partial charge in [0, 0.05) is 18.2 Å². The minimum absolute atomic E-state index is 0.156. The van der Waals surface area contributed by atoms with Crippen LogP contribution >= 0.6 is 0 Å². The van der Waals surface area contributed by atoms with Crippen LogP contribution in [0.3, 0.4) is 0 Å². The molecule has 1 aromatic carbocycles. The van der Waals surface area contributed by atoms with Crippen LogP contribution in [0.4, 0.5) is 5.69 Å². The van der Waals surface area contributed by atoms with Gasteiger partial charge < -0.3 is 5.32 Å². The van der Waals surface area contributed by atoms with E-state index in [0.29, 0.717) is 6.04 Å². The Morgan fingerprint density at radius 1 is 1.38 bits per heavy atom. The quantitative estimate of drug-likeness (QED) is 0.594. The van der Waals surface area contributed by atoms with E-state index in [0.717, 1.165) is 24.9 Å². The molecule has 4 heteroatoms. The Hall–Kier alpha value is -1.42. The molecule has 4 nitrogen and oxygen atoms in total. The molecule has 0 saturated carbocycles. The fourth-order valence-electron chi connectivity index (χ4n) is 1.62. The average molecular weight is 222 g/mol. The van der Waals surface area contributed by atoms with Gasteiger partial charge >= 0.3 is 0 Å². The van der Waals surface area contributed by atoms with Crippen molar-refractivity contribution < 1.29 is 4.92 Å². The number of hydrogen-bond donors (Lipinski definition) is 1. The smallest absolute Gasteiger partial charge is 0.269 e. The van der Waals surface area contributed by atoms with Crippen LogP contribution in [0.5, 0.6) is 0 Å². The first-order valence-corrected chi connectivity index (χ1v) is 5.60. The molecule has 88 valence electrons. The lowest BCUT2D eigenvalue weighted by Crippen LogP contribution is -2.25. The number of benzene rings is 1. The van der Waals surface area contributed by atoms with Gasteiger partial charge in [-0.3, -0.25) is 10.1 Å². The maximum Gasteiger partial charge on any atom is 0.269 e. The largest absolute Gasteiger partial charge is 0.315 e. The van der Waals surface area contributed by atoms with Gasteiger partial charge in [0.15, 0.2) is 0 Å². The van der Waals surface area contributed by atoms with E-state index >= 15 is 0 Å². The number of nitro groups is 1. The van der Waals surface area contributed by atoms with Crippen molar-refractivity contribution in [3.63, 3.8) is 0 Å². The number of nitro benzene ring substituents is 1. The molecule has 0 aliphatic heterocycles. The lowest BCUT2D eigenvalue weighted by molar-refractivity contribution is -0.384. The summed E-state index contributed by atoms with van der Waals surface area (Å²) in [6.45, 7) is 5.21. The van der Waals surface area contributed by atoms with Gasteiger partial charge in [0.25, 0.3) is 5.69 Å². The van der Waals surface area contributed by atoms with Crippen LogP contribution in [0.15, 0.2) is 24.3 Å². The van der Waals surface area contributed by atoms with Gasteiger partial charge in [-0.2, -0.15) is 0 Å². The van der Waals surface area contributed by atoms with Gasteiger partial charge in [0.05, 0.1) is 4.92 Å². The van der Waals surface area contributed by atoms with Crippen molar-refractivity contribution in [1.82, 2.24) is 5.32 Å². The SMILES string of the molecule is CCNC(C)CCc1ccc([N+](=O)[O-])cc1. The van der Waals surface area contributed by atoms with Gasteiger partial charge in [-0.15, -0.1) is 0 Å². The third kappa shape index (κ3) is 3.98. The molecule has 0 aromatic heterocycles. The van der Waals surface area contributed by atoms with Crippen molar-refractivity contribution >= 4 is 5.69 Å². The van der Waals surface area contributed by atoms with E-state index in [-0.39, 0.29) is 10.6 Å². The standard InChI is InChI=1S/C12H18N2O2/c1-3-13-10(2)4-5-11-6-8-12(9-7-11)14(15)16/h6-10,13H,3-5H2,1-2H3. The highest BCUT2D eigenvalue weighted by Crippen LogP contribution is 2.13. The molecule has 16 heavy (non-hydrogen) atoms. The maximum atomic E-state index is 10.5. The third-order valence-electron chi connectivity index (χ3n) is 2.57. The summed E-state index contributed by atoms with van der Waals surface area (Å²) < 4.78 is 0. The van der Waals surface area contributed by atoms with E-state index in [9.17, 15) is 10.1 Å². The molecule has 0 aliphatic carbocycles. The average Bonchev–Trinajstić information content (AvgIpc) is 2.27. The molecule has 1 unspecified atom stereocenters. The van der Waals surface area contributed by atoms with Crippen molar-refractivity contribution in [3.8, 4) is 0 Å². The van der Waals surface area contributed by atoms with E-state index in [1.54, 1.807) is 12.1 Å². The molecule has 0 bridgehead atoms. The summed E-state index contributed by atoms with van der Waals surface area (Å²) in [7, 11) is 0. The number of nitrogens with zero attached hydrogens (tertiary/aromatic N) is 1. The van der Waals surface area contributed by atoms with Gasteiger partial charge in [-0.25, -0.2) is 0 Å². The molecule has 0 saturated heterocycles. The molecule has 0 radical (unpaired) electrons. The molecule has 0 aliphatic rings. The summed E-state index contributed by atoms with van der Waals surface area (Å²) in [5.74, 6) is 0. The molecule has 1 rings (SSSR count). The third-order valence-corrected chi connectivity index (χ3v) is 2.57. The zero-order valence-electron chi connectivity index (χ0n) is 9.77. The van der Waals surface area contributed by atoms with Crippen LogP contribution in [0.1, 0.15) is 25.8 Å². The lowest BCUT2D eigenvalue weighted by Gasteiger charge is -2.11. The molecule has 0 fully saturated rings. The van der Waals surface area contributed by atoms with Crippen LogP contribution in [0, 0.1) is 10.1 Å². The Morgan fingerprint density at radius 3 is 2.50 bits per heavy atom. The highest BCUT2D eigenvalue weighted by atomic mass is 16.6. The second kappa shape index (κ2) is 6.23. The molecule has 1 N–H and O–H groups in total. The molecule has 0 amide bonds. The molecule has 1 atom stereocenters. The van der Waals surface area contributed by atoms with Crippen LogP contribution in [0.2, 0.25) is 0 Å². The number of rotatable bonds is 6. The van der Waals surface area contributed by atoms with Gasteiger partial charge in [-0.1, -0.05) is 19.1 Å². The summed E-state index contributed by atoms with van der Waals surface area (Å²) >= 11 is 0. The Morgan fingerprint density at radius 2 is 2.00 bits per heavy atom. The summed E-state index contributed by atoms with van der Waals surface area (Å²) in [6, 6.07) is 7.27. The first-order valence-electron chi connectivity index (χ1n) is 5.60. The van der Waals surface area contributed by atoms with Crippen molar-refractivity contribution in [1.29, 1.82) is 0 Å². The van der Waals surface area contributed by atoms with Crippen LogP contribution in [-0.2, 0) is 6.42 Å². The Balaban J connectivity index is 2.46.